The Morgan fingerprint density at radius 2 is 1.96 bits per heavy atom. The van der Waals surface area contributed by atoms with Gasteiger partial charge in [0.25, 0.3) is 0 Å². The Kier molecular flexibility index (Phi) is 4.96. The Labute approximate surface area is 140 Å². The molecule has 3 heterocycles. The predicted octanol–water partition coefficient (Wildman–Crippen LogP) is 1.42. The summed E-state index contributed by atoms with van der Waals surface area (Å²) in [6.07, 6.45) is 0. The number of nitrogens with zero attached hydrogens (tertiary/aromatic N) is 4. The van der Waals surface area contributed by atoms with Gasteiger partial charge in [-0.15, -0.1) is 0 Å². The molecule has 3 rings (SSSR count). The van der Waals surface area contributed by atoms with Crippen LogP contribution in [0.3, 0.4) is 0 Å². The molecule has 1 saturated heterocycles. The molecule has 1 atom stereocenters. The fourth-order valence-corrected chi connectivity index (χ4v) is 2.84. The molecule has 1 N–H and O–H groups in total. The molecule has 1 fully saturated rings. The number of piperazine rings is 1. The van der Waals surface area contributed by atoms with Crippen molar-refractivity contribution in [3.63, 3.8) is 0 Å². The first kappa shape index (κ1) is 16.7. The molecule has 24 heavy (non-hydrogen) atoms. The summed E-state index contributed by atoms with van der Waals surface area (Å²) in [5.74, 6) is 1.15. The molecule has 8 nitrogen and oxygen atoms in total. The van der Waals surface area contributed by atoms with Crippen LogP contribution in [0.4, 0.5) is 5.88 Å². The third-order valence-electron chi connectivity index (χ3n) is 4.27. The van der Waals surface area contributed by atoms with Crippen molar-refractivity contribution >= 4 is 11.8 Å². The van der Waals surface area contributed by atoms with Crippen LogP contribution in [-0.2, 0) is 11.3 Å². The van der Waals surface area contributed by atoms with E-state index in [1.807, 2.05) is 26.8 Å². The standard InChI is InChI=1S/C16H23N5O3/c1-11-8-15(24-18-11)17-16(22)13(3)21-6-4-20(5-7-21)10-14-9-12(2)23-19-14/h8-9,13H,4-7,10H2,1-3H3,(H,17,22). The van der Waals surface area contributed by atoms with Gasteiger partial charge in [-0.05, 0) is 20.8 Å². The average Bonchev–Trinajstić information content (AvgIpc) is 3.15. The summed E-state index contributed by atoms with van der Waals surface area (Å²) in [6.45, 7) is 9.86. The maximum absolute atomic E-state index is 12.3. The van der Waals surface area contributed by atoms with E-state index in [0.29, 0.717) is 5.88 Å². The molecule has 0 saturated carbocycles. The smallest absolute Gasteiger partial charge is 0.243 e. The largest absolute Gasteiger partial charge is 0.361 e. The lowest BCUT2D eigenvalue weighted by Gasteiger charge is -2.36. The minimum Gasteiger partial charge on any atom is -0.361 e. The van der Waals surface area contributed by atoms with E-state index in [-0.39, 0.29) is 11.9 Å². The minimum absolute atomic E-state index is 0.0771. The summed E-state index contributed by atoms with van der Waals surface area (Å²) in [6, 6.07) is 3.46. The molecule has 1 amide bonds. The van der Waals surface area contributed by atoms with E-state index in [1.54, 1.807) is 6.07 Å². The zero-order valence-electron chi connectivity index (χ0n) is 14.3. The van der Waals surface area contributed by atoms with Crippen LogP contribution in [0.5, 0.6) is 0 Å². The fraction of sp³-hybridized carbons (Fsp3) is 0.562. The second kappa shape index (κ2) is 7.14. The lowest BCUT2D eigenvalue weighted by molar-refractivity contribution is -0.121. The van der Waals surface area contributed by atoms with Gasteiger partial charge in [0.2, 0.25) is 11.8 Å². The van der Waals surface area contributed by atoms with Crippen LogP contribution in [-0.4, -0.2) is 58.2 Å². The molecule has 8 heteroatoms. The van der Waals surface area contributed by atoms with Gasteiger partial charge in [0.15, 0.2) is 0 Å². The number of carbonyl (C=O) groups excluding carboxylic acids is 1. The van der Waals surface area contributed by atoms with Crippen LogP contribution in [0.15, 0.2) is 21.2 Å². The van der Waals surface area contributed by atoms with E-state index in [2.05, 4.69) is 25.4 Å². The van der Waals surface area contributed by atoms with Crippen molar-refractivity contribution in [1.29, 1.82) is 0 Å². The molecule has 1 unspecified atom stereocenters. The topological polar surface area (TPSA) is 87.6 Å². The molecule has 2 aromatic rings. The van der Waals surface area contributed by atoms with Gasteiger partial charge < -0.3 is 9.05 Å². The number of hydrogen-bond donors (Lipinski definition) is 1. The highest BCUT2D eigenvalue weighted by molar-refractivity contribution is 5.93. The quantitative estimate of drug-likeness (QED) is 0.885. The Bertz CT molecular complexity index is 687. The van der Waals surface area contributed by atoms with Gasteiger partial charge in [-0.2, -0.15) is 0 Å². The lowest BCUT2D eigenvalue weighted by atomic mass is 10.2. The molecular weight excluding hydrogens is 310 g/mol. The van der Waals surface area contributed by atoms with E-state index >= 15 is 0 Å². The summed E-state index contributed by atoms with van der Waals surface area (Å²) >= 11 is 0. The number of rotatable bonds is 5. The number of hydrogen-bond acceptors (Lipinski definition) is 7. The zero-order chi connectivity index (χ0) is 17.1. The molecule has 0 aromatic carbocycles. The van der Waals surface area contributed by atoms with Crippen LogP contribution >= 0.6 is 0 Å². The zero-order valence-corrected chi connectivity index (χ0v) is 14.3. The van der Waals surface area contributed by atoms with Gasteiger partial charge in [0.1, 0.15) is 5.76 Å². The van der Waals surface area contributed by atoms with Gasteiger partial charge in [-0.1, -0.05) is 10.3 Å². The van der Waals surface area contributed by atoms with Crippen molar-refractivity contribution in [3.05, 3.63) is 29.3 Å². The molecule has 0 aliphatic carbocycles. The van der Waals surface area contributed by atoms with Gasteiger partial charge in [0, 0.05) is 44.9 Å². The highest BCUT2D eigenvalue weighted by atomic mass is 16.5. The monoisotopic (exact) mass is 333 g/mol. The van der Waals surface area contributed by atoms with Crippen LogP contribution < -0.4 is 5.32 Å². The number of carbonyl (C=O) groups is 1. The Hall–Kier alpha value is -2.19. The van der Waals surface area contributed by atoms with E-state index in [9.17, 15) is 4.79 Å². The van der Waals surface area contributed by atoms with Gasteiger partial charge in [-0.25, -0.2) is 0 Å². The number of amides is 1. The van der Waals surface area contributed by atoms with E-state index in [0.717, 1.165) is 49.9 Å². The summed E-state index contributed by atoms with van der Waals surface area (Å²) in [7, 11) is 0. The van der Waals surface area contributed by atoms with Gasteiger partial charge >= 0.3 is 0 Å². The molecule has 0 bridgehead atoms. The van der Waals surface area contributed by atoms with Crippen LogP contribution in [0.25, 0.3) is 0 Å². The first-order chi connectivity index (χ1) is 11.5. The lowest BCUT2D eigenvalue weighted by Crippen LogP contribution is -2.52. The maximum atomic E-state index is 12.3. The van der Waals surface area contributed by atoms with Gasteiger partial charge in [0.05, 0.1) is 17.4 Å². The van der Waals surface area contributed by atoms with Crippen molar-refractivity contribution in [2.45, 2.75) is 33.4 Å². The first-order valence-corrected chi connectivity index (χ1v) is 8.14. The summed E-state index contributed by atoms with van der Waals surface area (Å²) in [5.41, 5.74) is 1.70. The highest BCUT2D eigenvalue weighted by Gasteiger charge is 2.26. The summed E-state index contributed by atoms with van der Waals surface area (Å²) in [5, 5.41) is 10.6. The third-order valence-corrected chi connectivity index (χ3v) is 4.27. The summed E-state index contributed by atoms with van der Waals surface area (Å²) < 4.78 is 10.1. The SMILES string of the molecule is Cc1cc(NC(=O)C(C)N2CCN(Cc3cc(C)on3)CC2)on1. The van der Waals surface area contributed by atoms with E-state index in [4.69, 9.17) is 9.05 Å². The Balaban J connectivity index is 1.47. The Morgan fingerprint density at radius 3 is 2.54 bits per heavy atom. The molecule has 0 radical (unpaired) electrons. The Morgan fingerprint density at radius 1 is 1.21 bits per heavy atom. The maximum Gasteiger partial charge on any atom is 0.243 e. The van der Waals surface area contributed by atoms with Crippen molar-refractivity contribution in [1.82, 2.24) is 20.1 Å². The van der Waals surface area contributed by atoms with E-state index < -0.39 is 0 Å². The summed E-state index contributed by atoms with van der Waals surface area (Å²) in [4.78, 5) is 16.8. The fourth-order valence-electron chi connectivity index (χ4n) is 2.84. The first-order valence-electron chi connectivity index (χ1n) is 8.14. The molecule has 2 aromatic heterocycles. The molecule has 130 valence electrons. The van der Waals surface area contributed by atoms with Crippen LogP contribution in [0.1, 0.15) is 24.1 Å². The average molecular weight is 333 g/mol. The predicted molar refractivity (Wildman–Crippen MR) is 87.4 cm³/mol. The highest BCUT2D eigenvalue weighted by Crippen LogP contribution is 2.13. The number of anilines is 1. The molecule has 0 spiro atoms. The second-order valence-electron chi connectivity index (χ2n) is 6.24. The van der Waals surface area contributed by atoms with Crippen molar-refractivity contribution in [3.8, 4) is 0 Å². The molecule has 1 aliphatic heterocycles. The molecule has 1 aliphatic rings. The van der Waals surface area contributed by atoms with Crippen molar-refractivity contribution < 1.29 is 13.8 Å². The van der Waals surface area contributed by atoms with E-state index in [1.165, 1.54) is 0 Å². The number of aromatic nitrogens is 2. The van der Waals surface area contributed by atoms with Crippen molar-refractivity contribution in [2.24, 2.45) is 0 Å². The number of aryl methyl sites for hydroxylation is 2. The third kappa shape index (κ3) is 4.01. The minimum atomic E-state index is -0.216. The molecular formula is C16H23N5O3. The van der Waals surface area contributed by atoms with Crippen molar-refractivity contribution in [2.75, 3.05) is 31.5 Å². The number of nitrogens with one attached hydrogen (secondary N) is 1. The van der Waals surface area contributed by atoms with Crippen LogP contribution in [0, 0.1) is 13.8 Å². The van der Waals surface area contributed by atoms with Gasteiger partial charge in [-0.3, -0.25) is 19.9 Å². The van der Waals surface area contributed by atoms with Crippen LogP contribution in [0.2, 0.25) is 0 Å². The normalized spacial score (nSPS) is 17.8. The second-order valence-corrected chi connectivity index (χ2v) is 6.24.